The molecule has 0 bridgehead atoms. The molecule has 1 fully saturated rings. The average Bonchev–Trinajstić information content (AvgIpc) is 2.52. The van der Waals surface area contributed by atoms with E-state index in [1.165, 1.54) is 25.7 Å². The van der Waals surface area contributed by atoms with Crippen LogP contribution in [0.2, 0.25) is 0 Å². The van der Waals surface area contributed by atoms with Gasteiger partial charge < -0.3 is 11.1 Å². The Hall–Kier alpha value is -0.570. The maximum Gasteiger partial charge on any atom is 0.223 e. The van der Waals surface area contributed by atoms with Crippen molar-refractivity contribution in [3.63, 3.8) is 0 Å². The number of nitrogens with one attached hydrogen (secondary N) is 1. The number of carbonyl (C=O) groups excluding carboxylic acids is 1. The van der Waals surface area contributed by atoms with Crippen LogP contribution in [0.3, 0.4) is 0 Å². The summed E-state index contributed by atoms with van der Waals surface area (Å²) >= 11 is 0. The van der Waals surface area contributed by atoms with Crippen molar-refractivity contribution in [2.24, 2.45) is 11.7 Å². The zero-order chi connectivity index (χ0) is 10.9. The van der Waals surface area contributed by atoms with Gasteiger partial charge in [-0.05, 0) is 32.2 Å². The molecule has 0 aromatic carbocycles. The van der Waals surface area contributed by atoms with E-state index < -0.39 is 0 Å². The molecular weight excluding hydrogens is 188 g/mol. The number of hydrogen-bond donors (Lipinski definition) is 2. The molecule has 3 heteroatoms. The van der Waals surface area contributed by atoms with Crippen LogP contribution in [0.1, 0.15) is 51.4 Å². The third-order valence-electron chi connectivity index (χ3n) is 3.16. The second-order valence-corrected chi connectivity index (χ2v) is 4.48. The van der Waals surface area contributed by atoms with Crippen molar-refractivity contribution in [1.82, 2.24) is 5.32 Å². The van der Waals surface area contributed by atoms with Gasteiger partial charge >= 0.3 is 0 Å². The quantitative estimate of drug-likeness (QED) is 0.539. The highest BCUT2D eigenvalue weighted by atomic mass is 16.1. The zero-order valence-electron chi connectivity index (χ0n) is 9.63. The van der Waals surface area contributed by atoms with Crippen LogP contribution in [-0.2, 0) is 4.79 Å². The number of carbonyl (C=O) groups is 1. The van der Waals surface area contributed by atoms with Crippen LogP contribution in [0.15, 0.2) is 0 Å². The van der Waals surface area contributed by atoms with Crippen molar-refractivity contribution in [3.8, 4) is 0 Å². The molecule has 0 unspecified atom stereocenters. The molecule has 0 radical (unpaired) electrons. The largest absolute Gasteiger partial charge is 0.356 e. The molecule has 0 saturated heterocycles. The maximum absolute atomic E-state index is 11.8. The Morgan fingerprint density at radius 2 is 1.80 bits per heavy atom. The molecule has 0 aliphatic heterocycles. The van der Waals surface area contributed by atoms with Crippen LogP contribution in [-0.4, -0.2) is 19.0 Å². The molecule has 0 heterocycles. The first kappa shape index (κ1) is 12.5. The molecule has 15 heavy (non-hydrogen) atoms. The van der Waals surface area contributed by atoms with E-state index in [1.807, 2.05) is 0 Å². The lowest BCUT2D eigenvalue weighted by Gasteiger charge is -2.13. The summed E-state index contributed by atoms with van der Waals surface area (Å²) in [5, 5.41) is 3.02. The minimum absolute atomic E-state index is 0.272. The molecule has 1 aliphatic rings. The van der Waals surface area contributed by atoms with Crippen LogP contribution >= 0.6 is 0 Å². The van der Waals surface area contributed by atoms with Crippen LogP contribution < -0.4 is 11.1 Å². The molecule has 3 N–H and O–H groups in total. The Balaban J connectivity index is 2.14. The van der Waals surface area contributed by atoms with Crippen molar-refractivity contribution in [3.05, 3.63) is 0 Å². The van der Waals surface area contributed by atoms with Crippen molar-refractivity contribution in [2.75, 3.05) is 13.1 Å². The fourth-order valence-electron chi connectivity index (χ4n) is 2.17. The first-order valence-corrected chi connectivity index (χ1v) is 6.32. The summed E-state index contributed by atoms with van der Waals surface area (Å²) in [6.07, 6.45) is 9.24. The lowest BCUT2D eigenvalue weighted by atomic mass is 9.99. The van der Waals surface area contributed by atoms with Crippen molar-refractivity contribution < 1.29 is 4.79 Å². The minimum atomic E-state index is 0.272. The van der Waals surface area contributed by atoms with E-state index in [1.54, 1.807) is 0 Å². The van der Waals surface area contributed by atoms with Crippen LogP contribution in [0, 0.1) is 5.92 Å². The molecule has 0 atom stereocenters. The predicted octanol–water partition coefficient (Wildman–Crippen LogP) is 1.81. The average molecular weight is 212 g/mol. The molecule has 0 spiro atoms. The fourth-order valence-corrected chi connectivity index (χ4v) is 2.17. The Bertz CT molecular complexity index is 174. The summed E-state index contributed by atoms with van der Waals surface area (Å²) in [6.45, 7) is 1.52. The van der Waals surface area contributed by atoms with Gasteiger partial charge in [-0.1, -0.05) is 25.7 Å². The summed E-state index contributed by atoms with van der Waals surface area (Å²) in [6, 6.07) is 0. The highest BCUT2D eigenvalue weighted by molar-refractivity contribution is 5.78. The second-order valence-electron chi connectivity index (χ2n) is 4.48. The summed E-state index contributed by atoms with van der Waals surface area (Å²) in [5.41, 5.74) is 5.40. The number of unbranched alkanes of at least 4 members (excludes halogenated alkanes) is 1. The highest BCUT2D eigenvalue weighted by Crippen LogP contribution is 2.22. The first-order valence-electron chi connectivity index (χ1n) is 6.32. The SMILES string of the molecule is NCCCCNC(=O)C1CCCCCC1. The Morgan fingerprint density at radius 1 is 1.13 bits per heavy atom. The van der Waals surface area contributed by atoms with Gasteiger partial charge in [-0.3, -0.25) is 4.79 Å². The molecule has 0 aromatic rings. The minimum Gasteiger partial charge on any atom is -0.356 e. The molecule has 3 nitrogen and oxygen atoms in total. The summed E-state index contributed by atoms with van der Waals surface area (Å²) < 4.78 is 0. The van der Waals surface area contributed by atoms with Crippen molar-refractivity contribution in [1.29, 1.82) is 0 Å². The van der Waals surface area contributed by atoms with Gasteiger partial charge in [0.1, 0.15) is 0 Å². The Kier molecular flexibility index (Phi) is 6.41. The van der Waals surface area contributed by atoms with E-state index in [0.717, 1.165) is 38.8 Å². The van der Waals surface area contributed by atoms with Gasteiger partial charge in [0, 0.05) is 12.5 Å². The normalized spacial score (nSPS) is 18.5. The summed E-state index contributed by atoms with van der Waals surface area (Å²) in [4.78, 5) is 11.8. The topological polar surface area (TPSA) is 55.1 Å². The molecule has 1 rings (SSSR count). The number of nitrogens with two attached hydrogens (primary N) is 1. The molecule has 0 aromatic heterocycles. The van der Waals surface area contributed by atoms with E-state index in [4.69, 9.17) is 5.73 Å². The van der Waals surface area contributed by atoms with Crippen LogP contribution in [0.4, 0.5) is 0 Å². The van der Waals surface area contributed by atoms with E-state index >= 15 is 0 Å². The van der Waals surface area contributed by atoms with Gasteiger partial charge in [-0.2, -0.15) is 0 Å². The maximum atomic E-state index is 11.8. The lowest BCUT2D eigenvalue weighted by molar-refractivity contribution is -0.125. The number of rotatable bonds is 5. The van der Waals surface area contributed by atoms with Gasteiger partial charge in [-0.15, -0.1) is 0 Å². The Labute approximate surface area is 92.8 Å². The number of amides is 1. The molecule has 1 amide bonds. The summed E-state index contributed by atoms with van der Waals surface area (Å²) in [7, 11) is 0. The van der Waals surface area contributed by atoms with E-state index in [-0.39, 0.29) is 11.8 Å². The molecule has 1 aliphatic carbocycles. The van der Waals surface area contributed by atoms with E-state index in [9.17, 15) is 4.79 Å². The van der Waals surface area contributed by atoms with Gasteiger partial charge in [0.25, 0.3) is 0 Å². The third-order valence-corrected chi connectivity index (χ3v) is 3.16. The fraction of sp³-hybridized carbons (Fsp3) is 0.917. The molecule has 1 saturated carbocycles. The van der Waals surface area contributed by atoms with Crippen LogP contribution in [0.25, 0.3) is 0 Å². The first-order chi connectivity index (χ1) is 7.34. The third kappa shape index (κ3) is 5.17. The Morgan fingerprint density at radius 3 is 2.40 bits per heavy atom. The second kappa shape index (κ2) is 7.69. The predicted molar refractivity (Wildman–Crippen MR) is 62.5 cm³/mol. The molecular formula is C12H24N2O. The van der Waals surface area contributed by atoms with Crippen LogP contribution in [0.5, 0.6) is 0 Å². The molecule has 88 valence electrons. The smallest absolute Gasteiger partial charge is 0.223 e. The standard InChI is InChI=1S/C12H24N2O/c13-9-5-6-10-14-12(15)11-7-3-1-2-4-8-11/h11H,1-10,13H2,(H,14,15). The highest BCUT2D eigenvalue weighted by Gasteiger charge is 2.19. The van der Waals surface area contributed by atoms with Crippen molar-refractivity contribution >= 4 is 5.91 Å². The van der Waals surface area contributed by atoms with E-state index in [0.29, 0.717) is 0 Å². The zero-order valence-corrected chi connectivity index (χ0v) is 9.63. The lowest BCUT2D eigenvalue weighted by Crippen LogP contribution is -2.31. The van der Waals surface area contributed by atoms with Gasteiger partial charge in [0.2, 0.25) is 5.91 Å². The van der Waals surface area contributed by atoms with Crippen molar-refractivity contribution in [2.45, 2.75) is 51.4 Å². The van der Waals surface area contributed by atoms with Gasteiger partial charge in [0.05, 0.1) is 0 Å². The monoisotopic (exact) mass is 212 g/mol. The number of hydrogen-bond acceptors (Lipinski definition) is 2. The summed E-state index contributed by atoms with van der Waals surface area (Å²) in [5.74, 6) is 0.555. The van der Waals surface area contributed by atoms with Gasteiger partial charge in [-0.25, -0.2) is 0 Å². The van der Waals surface area contributed by atoms with Gasteiger partial charge in [0.15, 0.2) is 0 Å². The van der Waals surface area contributed by atoms with E-state index in [2.05, 4.69) is 5.32 Å².